The molecule has 0 saturated heterocycles. The van der Waals surface area contributed by atoms with Crippen LogP contribution in [0.4, 0.5) is 0 Å². The van der Waals surface area contributed by atoms with E-state index in [0.717, 1.165) is 31.0 Å². The summed E-state index contributed by atoms with van der Waals surface area (Å²) in [5.41, 5.74) is 6.17. The van der Waals surface area contributed by atoms with E-state index in [0.29, 0.717) is 11.3 Å². The number of H-pyrrole nitrogens is 1. The van der Waals surface area contributed by atoms with E-state index in [1.807, 2.05) is 48.5 Å². The Morgan fingerprint density at radius 2 is 1.61 bits per heavy atom. The van der Waals surface area contributed by atoms with Crippen molar-refractivity contribution in [2.24, 2.45) is 5.10 Å². The molecule has 1 heterocycles. The van der Waals surface area contributed by atoms with Crippen molar-refractivity contribution in [1.82, 2.24) is 10.4 Å². The average Bonchev–Trinajstić information content (AvgIpc) is 3.29. The summed E-state index contributed by atoms with van der Waals surface area (Å²) in [6, 6.07) is 27.2. The van der Waals surface area contributed by atoms with E-state index in [1.54, 1.807) is 42.5 Å². The zero-order valence-electron chi connectivity index (χ0n) is 19.5. The lowest BCUT2D eigenvalue weighted by atomic mass is 10.0. The van der Waals surface area contributed by atoms with Crippen LogP contribution < -0.4 is 10.2 Å². The van der Waals surface area contributed by atoms with E-state index in [-0.39, 0.29) is 16.3 Å². The Labute approximate surface area is 239 Å². The van der Waals surface area contributed by atoms with Gasteiger partial charge >= 0.3 is 5.97 Å². The lowest BCUT2D eigenvalue weighted by molar-refractivity contribution is 0.0734. The number of hydrogen-bond acceptors (Lipinski definition) is 4. The van der Waals surface area contributed by atoms with Crippen LogP contribution in [0, 0.1) is 0 Å². The first kappa shape index (κ1) is 25.9. The minimum absolute atomic E-state index is 0.243. The fourth-order valence-corrected chi connectivity index (χ4v) is 4.90. The summed E-state index contributed by atoms with van der Waals surface area (Å²) in [4.78, 5) is 29.2. The average molecular weight is 652 g/mol. The van der Waals surface area contributed by atoms with Crippen LogP contribution >= 0.6 is 43.5 Å². The van der Waals surface area contributed by atoms with Crippen LogP contribution in [0.2, 0.25) is 5.02 Å². The standard InChI is InChI=1S/C29H18Br2ClN3O3/c30-19-11-13-25(38-29(37)21-8-4-5-9-23(21)32)18(14-19)16-33-35-28(36)27-26(17-6-2-1-3-7-17)22-15-20(31)10-12-24(22)34-27/h1-16,34H,(H,35,36). The maximum atomic E-state index is 13.3. The third kappa shape index (κ3) is 5.57. The number of aromatic nitrogens is 1. The number of rotatable bonds is 6. The molecule has 1 aromatic heterocycles. The second kappa shape index (κ2) is 11.3. The first-order valence-electron chi connectivity index (χ1n) is 11.4. The van der Waals surface area contributed by atoms with Gasteiger partial charge in [0.1, 0.15) is 11.4 Å². The van der Waals surface area contributed by atoms with Crippen LogP contribution in [0.25, 0.3) is 22.0 Å². The van der Waals surface area contributed by atoms with Gasteiger partial charge in [0.25, 0.3) is 5.91 Å². The van der Waals surface area contributed by atoms with Gasteiger partial charge in [-0.1, -0.05) is 85.9 Å². The molecule has 2 N–H and O–H groups in total. The number of amides is 1. The van der Waals surface area contributed by atoms with Crippen molar-refractivity contribution in [3.8, 4) is 16.9 Å². The number of hydrazone groups is 1. The van der Waals surface area contributed by atoms with Gasteiger partial charge in [0, 0.05) is 31.0 Å². The highest BCUT2D eigenvalue weighted by Gasteiger charge is 2.19. The van der Waals surface area contributed by atoms with Crippen LogP contribution in [0.1, 0.15) is 26.4 Å². The summed E-state index contributed by atoms with van der Waals surface area (Å²) >= 11 is 13.1. The van der Waals surface area contributed by atoms with Crippen LogP contribution in [0.3, 0.4) is 0 Å². The molecule has 0 spiro atoms. The predicted molar refractivity (Wildman–Crippen MR) is 157 cm³/mol. The third-order valence-corrected chi connectivity index (χ3v) is 7.00. The molecule has 1 amide bonds. The summed E-state index contributed by atoms with van der Waals surface area (Å²) in [5.74, 6) is -0.762. The zero-order chi connectivity index (χ0) is 26.6. The SMILES string of the molecule is O=C(Oc1ccc(Br)cc1C=NNC(=O)c1[nH]c2ccc(Br)cc2c1-c1ccccc1)c1ccccc1Cl. The number of halogens is 3. The number of esters is 1. The number of carbonyl (C=O) groups excluding carboxylic acids is 2. The summed E-state index contributed by atoms with van der Waals surface area (Å²) in [6.07, 6.45) is 1.42. The Hall–Kier alpha value is -3.72. The van der Waals surface area contributed by atoms with Gasteiger partial charge in [0.2, 0.25) is 0 Å². The van der Waals surface area contributed by atoms with Crippen LogP contribution in [0.5, 0.6) is 5.75 Å². The second-order valence-corrected chi connectivity index (χ2v) is 10.4. The Kier molecular flexibility index (Phi) is 7.74. The lowest BCUT2D eigenvalue weighted by Gasteiger charge is -2.09. The largest absolute Gasteiger partial charge is 0.422 e. The zero-order valence-corrected chi connectivity index (χ0v) is 23.5. The van der Waals surface area contributed by atoms with Crippen LogP contribution in [-0.2, 0) is 0 Å². The molecule has 0 radical (unpaired) electrons. The molecule has 188 valence electrons. The number of ether oxygens (including phenoxy) is 1. The maximum absolute atomic E-state index is 13.3. The number of fused-ring (bicyclic) bond motifs is 1. The van der Waals surface area contributed by atoms with Gasteiger partial charge in [-0.15, -0.1) is 0 Å². The number of carbonyl (C=O) groups is 2. The molecular formula is C29H18Br2ClN3O3. The first-order valence-corrected chi connectivity index (χ1v) is 13.3. The molecule has 0 aliphatic heterocycles. The molecule has 0 aliphatic carbocycles. The molecule has 0 fully saturated rings. The number of benzene rings is 4. The van der Waals surface area contributed by atoms with Crippen molar-refractivity contribution in [3.63, 3.8) is 0 Å². The highest BCUT2D eigenvalue weighted by atomic mass is 79.9. The van der Waals surface area contributed by atoms with Gasteiger partial charge in [0.05, 0.1) is 16.8 Å². The van der Waals surface area contributed by atoms with Gasteiger partial charge in [-0.25, -0.2) is 10.2 Å². The topological polar surface area (TPSA) is 83.5 Å². The van der Waals surface area contributed by atoms with Crippen molar-refractivity contribution in [2.75, 3.05) is 0 Å². The fourth-order valence-electron chi connectivity index (χ4n) is 3.95. The summed E-state index contributed by atoms with van der Waals surface area (Å²) in [6.45, 7) is 0. The van der Waals surface area contributed by atoms with E-state index in [1.165, 1.54) is 6.21 Å². The molecule has 5 rings (SSSR count). The molecule has 38 heavy (non-hydrogen) atoms. The Morgan fingerprint density at radius 1 is 0.895 bits per heavy atom. The van der Waals surface area contributed by atoms with E-state index < -0.39 is 11.9 Å². The highest BCUT2D eigenvalue weighted by Crippen LogP contribution is 2.34. The summed E-state index contributed by atoms with van der Waals surface area (Å²) in [7, 11) is 0. The van der Waals surface area contributed by atoms with Crippen LogP contribution in [-0.4, -0.2) is 23.1 Å². The van der Waals surface area contributed by atoms with Crippen LogP contribution in [0.15, 0.2) is 105 Å². The number of hydrogen-bond donors (Lipinski definition) is 2. The Balaban J connectivity index is 1.42. The minimum Gasteiger partial charge on any atom is -0.422 e. The lowest BCUT2D eigenvalue weighted by Crippen LogP contribution is -2.19. The number of nitrogens with one attached hydrogen (secondary N) is 2. The number of nitrogens with zero attached hydrogens (tertiary/aromatic N) is 1. The Bertz CT molecular complexity index is 1700. The second-order valence-electron chi connectivity index (χ2n) is 8.18. The molecule has 4 aromatic carbocycles. The Morgan fingerprint density at radius 3 is 2.39 bits per heavy atom. The molecule has 6 nitrogen and oxygen atoms in total. The van der Waals surface area contributed by atoms with E-state index >= 15 is 0 Å². The van der Waals surface area contributed by atoms with Crippen molar-refractivity contribution < 1.29 is 14.3 Å². The summed E-state index contributed by atoms with van der Waals surface area (Å²) < 4.78 is 7.23. The molecular weight excluding hydrogens is 634 g/mol. The smallest absolute Gasteiger partial charge is 0.345 e. The fraction of sp³-hybridized carbons (Fsp3) is 0. The van der Waals surface area contributed by atoms with Crippen molar-refractivity contribution in [1.29, 1.82) is 0 Å². The van der Waals surface area contributed by atoms with Gasteiger partial charge < -0.3 is 9.72 Å². The normalized spacial score (nSPS) is 11.1. The van der Waals surface area contributed by atoms with E-state index in [9.17, 15) is 9.59 Å². The molecule has 5 aromatic rings. The maximum Gasteiger partial charge on any atom is 0.345 e. The van der Waals surface area contributed by atoms with Crippen molar-refractivity contribution >= 4 is 72.5 Å². The third-order valence-electron chi connectivity index (χ3n) is 5.69. The molecule has 0 atom stereocenters. The molecule has 0 saturated carbocycles. The summed E-state index contributed by atoms with van der Waals surface area (Å²) in [5, 5.41) is 5.34. The van der Waals surface area contributed by atoms with Gasteiger partial charge in [-0.3, -0.25) is 4.79 Å². The molecule has 0 aliphatic rings. The molecule has 0 bridgehead atoms. The molecule has 9 heteroatoms. The van der Waals surface area contributed by atoms with Crippen molar-refractivity contribution in [2.45, 2.75) is 0 Å². The highest BCUT2D eigenvalue weighted by molar-refractivity contribution is 9.10. The predicted octanol–water partition coefficient (Wildman–Crippen LogP) is 8.00. The minimum atomic E-state index is -0.603. The molecule has 0 unspecified atom stereocenters. The van der Waals surface area contributed by atoms with E-state index in [4.69, 9.17) is 16.3 Å². The quantitative estimate of drug-likeness (QED) is 0.0845. The van der Waals surface area contributed by atoms with E-state index in [2.05, 4.69) is 47.4 Å². The van der Waals surface area contributed by atoms with Gasteiger partial charge in [-0.2, -0.15) is 5.10 Å². The monoisotopic (exact) mass is 649 g/mol. The first-order chi connectivity index (χ1) is 18.4. The van der Waals surface area contributed by atoms with Gasteiger partial charge in [-0.05, 0) is 54.1 Å². The van der Waals surface area contributed by atoms with Gasteiger partial charge in [0.15, 0.2) is 0 Å². The number of aromatic amines is 1. The van der Waals surface area contributed by atoms with Crippen molar-refractivity contribution in [3.05, 3.63) is 122 Å².